The second-order valence-corrected chi connectivity index (χ2v) is 4.15. The van der Waals surface area contributed by atoms with Gasteiger partial charge in [0, 0.05) is 19.2 Å². The maximum Gasteiger partial charge on any atom is 0.417 e. The molecule has 0 aromatic carbocycles. The minimum atomic E-state index is -4.44. The predicted octanol–water partition coefficient (Wildman–Crippen LogP) is 2.16. The fraction of sp³-hybridized carbons (Fsp3) is 0.400. The molecule has 0 spiro atoms. The van der Waals surface area contributed by atoms with E-state index in [4.69, 9.17) is 11.6 Å². The first-order chi connectivity index (χ1) is 8.43. The number of pyridine rings is 1. The van der Waals surface area contributed by atoms with Gasteiger partial charge < -0.3 is 5.32 Å². The summed E-state index contributed by atoms with van der Waals surface area (Å²) in [6.07, 6.45) is -3.01. The van der Waals surface area contributed by atoms with Crippen molar-refractivity contribution in [1.82, 2.24) is 19.9 Å². The van der Waals surface area contributed by atoms with Gasteiger partial charge in [-0.3, -0.25) is 4.40 Å². The summed E-state index contributed by atoms with van der Waals surface area (Å²) in [7, 11) is 1.75. The number of halogens is 4. The van der Waals surface area contributed by atoms with Crippen molar-refractivity contribution < 1.29 is 13.2 Å². The van der Waals surface area contributed by atoms with Gasteiger partial charge in [-0.25, -0.2) is 0 Å². The highest BCUT2D eigenvalue weighted by Gasteiger charge is 2.32. The molecule has 0 aliphatic carbocycles. The fourth-order valence-corrected chi connectivity index (χ4v) is 1.81. The van der Waals surface area contributed by atoms with Crippen molar-refractivity contribution >= 4 is 17.2 Å². The van der Waals surface area contributed by atoms with Gasteiger partial charge in [0.25, 0.3) is 0 Å². The van der Waals surface area contributed by atoms with Crippen LogP contribution in [0.2, 0.25) is 5.02 Å². The standard InChI is InChI=1S/C10H10ClF3N4/c1-15-3-2-8-16-17-9-7(11)4-6(5-18(8)9)10(12,13)14/h4-5,15H,2-3H2,1H3. The van der Waals surface area contributed by atoms with E-state index >= 15 is 0 Å². The molecule has 0 aliphatic rings. The molecule has 2 aromatic heterocycles. The zero-order chi connectivity index (χ0) is 13.3. The van der Waals surface area contributed by atoms with Crippen molar-refractivity contribution in [3.63, 3.8) is 0 Å². The van der Waals surface area contributed by atoms with E-state index < -0.39 is 11.7 Å². The van der Waals surface area contributed by atoms with Gasteiger partial charge in [0.1, 0.15) is 5.82 Å². The largest absolute Gasteiger partial charge is 0.417 e. The van der Waals surface area contributed by atoms with Crippen molar-refractivity contribution in [2.75, 3.05) is 13.6 Å². The molecule has 2 rings (SSSR count). The predicted molar refractivity (Wildman–Crippen MR) is 60.6 cm³/mol. The molecule has 0 saturated heterocycles. The van der Waals surface area contributed by atoms with E-state index in [2.05, 4.69) is 15.5 Å². The first-order valence-corrected chi connectivity index (χ1v) is 5.56. The molecule has 0 saturated carbocycles. The number of hydrogen-bond acceptors (Lipinski definition) is 3. The van der Waals surface area contributed by atoms with Crippen LogP contribution < -0.4 is 5.32 Å². The lowest BCUT2D eigenvalue weighted by Crippen LogP contribution is -2.13. The number of alkyl halides is 3. The Hall–Kier alpha value is -1.34. The summed E-state index contributed by atoms with van der Waals surface area (Å²) in [5.41, 5.74) is -0.582. The highest BCUT2D eigenvalue weighted by molar-refractivity contribution is 6.33. The molecule has 0 fully saturated rings. The van der Waals surface area contributed by atoms with Gasteiger partial charge >= 0.3 is 6.18 Å². The molecule has 18 heavy (non-hydrogen) atoms. The molecular weight excluding hydrogens is 269 g/mol. The summed E-state index contributed by atoms with van der Waals surface area (Å²) in [6, 6.07) is 0.855. The summed E-state index contributed by atoms with van der Waals surface area (Å²) in [5, 5.41) is 10.4. The third-order valence-electron chi connectivity index (χ3n) is 2.46. The SMILES string of the molecule is CNCCc1nnc2c(Cl)cc(C(F)(F)F)cn12. The average molecular weight is 279 g/mol. The van der Waals surface area contributed by atoms with E-state index in [1.165, 1.54) is 4.40 Å². The Balaban J connectivity index is 2.54. The maximum atomic E-state index is 12.7. The highest BCUT2D eigenvalue weighted by Crippen LogP contribution is 2.32. The molecule has 2 heterocycles. The van der Waals surface area contributed by atoms with Crippen LogP contribution in [0.3, 0.4) is 0 Å². The summed E-state index contributed by atoms with van der Waals surface area (Å²) in [4.78, 5) is 0. The van der Waals surface area contributed by atoms with Crippen LogP contribution in [0.15, 0.2) is 12.3 Å². The molecule has 2 aromatic rings. The van der Waals surface area contributed by atoms with Crippen molar-refractivity contribution in [1.29, 1.82) is 0 Å². The monoisotopic (exact) mass is 278 g/mol. The van der Waals surface area contributed by atoms with Crippen molar-refractivity contribution in [2.45, 2.75) is 12.6 Å². The molecule has 8 heteroatoms. The summed E-state index contributed by atoms with van der Waals surface area (Å²) >= 11 is 5.78. The van der Waals surface area contributed by atoms with Crippen molar-refractivity contribution in [3.05, 3.63) is 28.7 Å². The van der Waals surface area contributed by atoms with Crippen LogP contribution in [-0.4, -0.2) is 28.2 Å². The normalized spacial score (nSPS) is 12.3. The van der Waals surface area contributed by atoms with Gasteiger partial charge in [-0.15, -0.1) is 10.2 Å². The topological polar surface area (TPSA) is 42.2 Å². The van der Waals surface area contributed by atoms with Crippen LogP contribution in [0.4, 0.5) is 13.2 Å². The smallest absolute Gasteiger partial charge is 0.319 e. The second-order valence-electron chi connectivity index (χ2n) is 3.74. The highest BCUT2D eigenvalue weighted by atomic mass is 35.5. The third-order valence-corrected chi connectivity index (χ3v) is 2.73. The van der Waals surface area contributed by atoms with Gasteiger partial charge in [-0.05, 0) is 13.1 Å². The summed E-state index contributed by atoms with van der Waals surface area (Å²) < 4.78 is 39.3. The fourth-order valence-electron chi connectivity index (χ4n) is 1.56. The van der Waals surface area contributed by atoms with Crippen LogP contribution >= 0.6 is 11.6 Å². The van der Waals surface area contributed by atoms with E-state index in [0.29, 0.717) is 18.8 Å². The van der Waals surface area contributed by atoms with Gasteiger partial charge in [0.15, 0.2) is 5.65 Å². The van der Waals surface area contributed by atoms with Crippen molar-refractivity contribution in [3.8, 4) is 0 Å². The lowest BCUT2D eigenvalue weighted by atomic mass is 10.2. The molecule has 0 unspecified atom stereocenters. The number of nitrogens with one attached hydrogen (secondary N) is 1. The van der Waals surface area contributed by atoms with E-state index in [1.807, 2.05) is 0 Å². The Bertz CT molecular complexity index is 564. The number of hydrogen-bond donors (Lipinski definition) is 1. The molecular formula is C10H10ClF3N4. The van der Waals surface area contributed by atoms with Crippen LogP contribution in [0.25, 0.3) is 5.65 Å². The third kappa shape index (κ3) is 2.41. The Labute approximate surface area is 106 Å². The molecule has 0 amide bonds. The molecule has 0 aliphatic heterocycles. The molecule has 1 N–H and O–H groups in total. The summed E-state index contributed by atoms with van der Waals surface area (Å²) in [6.45, 7) is 0.592. The zero-order valence-corrected chi connectivity index (χ0v) is 10.2. The first-order valence-electron chi connectivity index (χ1n) is 5.18. The lowest BCUT2D eigenvalue weighted by Gasteiger charge is -2.08. The molecule has 0 radical (unpaired) electrons. The molecule has 0 atom stereocenters. The van der Waals surface area contributed by atoms with Crippen LogP contribution in [0, 0.1) is 0 Å². The van der Waals surface area contributed by atoms with Gasteiger partial charge in [0.2, 0.25) is 0 Å². The molecule has 0 bridgehead atoms. The Kier molecular flexibility index (Phi) is 3.45. The first kappa shape index (κ1) is 13.1. The molecule has 98 valence electrons. The number of nitrogens with zero attached hydrogens (tertiary/aromatic N) is 3. The number of likely N-dealkylation sites (N-methyl/N-ethyl adjacent to an activating group) is 1. The van der Waals surface area contributed by atoms with Gasteiger partial charge in [-0.2, -0.15) is 13.2 Å². The van der Waals surface area contributed by atoms with Crippen molar-refractivity contribution in [2.24, 2.45) is 0 Å². The minimum Gasteiger partial charge on any atom is -0.319 e. The van der Waals surface area contributed by atoms with E-state index in [-0.39, 0.29) is 10.7 Å². The minimum absolute atomic E-state index is 0.0620. The number of fused-ring (bicyclic) bond motifs is 1. The lowest BCUT2D eigenvalue weighted by molar-refractivity contribution is -0.137. The maximum absolute atomic E-state index is 12.7. The Morgan fingerprint density at radius 2 is 2.11 bits per heavy atom. The van der Waals surface area contributed by atoms with Crippen LogP contribution in [0.5, 0.6) is 0 Å². The zero-order valence-electron chi connectivity index (χ0n) is 9.42. The second kappa shape index (κ2) is 4.74. The Morgan fingerprint density at radius 3 is 2.72 bits per heavy atom. The van der Waals surface area contributed by atoms with Crippen LogP contribution in [0.1, 0.15) is 11.4 Å². The van der Waals surface area contributed by atoms with Gasteiger partial charge in [-0.1, -0.05) is 11.6 Å². The van der Waals surface area contributed by atoms with E-state index in [0.717, 1.165) is 12.3 Å². The number of aromatic nitrogens is 3. The van der Waals surface area contributed by atoms with Crippen LogP contribution in [-0.2, 0) is 12.6 Å². The van der Waals surface area contributed by atoms with E-state index in [9.17, 15) is 13.2 Å². The van der Waals surface area contributed by atoms with Gasteiger partial charge in [0.05, 0.1) is 10.6 Å². The Morgan fingerprint density at radius 1 is 1.39 bits per heavy atom. The quantitative estimate of drug-likeness (QED) is 0.936. The summed E-state index contributed by atoms with van der Waals surface area (Å²) in [5.74, 6) is 0.437. The average Bonchev–Trinajstić information content (AvgIpc) is 2.69. The molecule has 4 nitrogen and oxygen atoms in total. The number of rotatable bonds is 3. The van der Waals surface area contributed by atoms with E-state index in [1.54, 1.807) is 7.05 Å².